The molecule has 0 radical (unpaired) electrons. The molecule has 0 saturated carbocycles. The van der Waals surface area contributed by atoms with Crippen LogP contribution >= 0.6 is 0 Å². The Labute approximate surface area is 144 Å². The predicted molar refractivity (Wildman–Crippen MR) is 94.3 cm³/mol. The van der Waals surface area contributed by atoms with E-state index in [0.29, 0.717) is 25.1 Å². The monoisotopic (exact) mass is 340 g/mol. The molecule has 0 aliphatic heterocycles. The van der Waals surface area contributed by atoms with Crippen molar-refractivity contribution in [3.8, 4) is 0 Å². The summed E-state index contributed by atoms with van der Waals surface area (Å²) in [5.41, 5.74) is 4.03. The molecule has 3 rings (SSSR count). The lowest BCUT2D eigenvalue weighted by atomic mass is 10.1. The summed E-state index contributed by atoms with van der Waals surface area (Å²) in [6.07, 6.45) is 3.18. The summed E-state index contributed by atoms with van der Waals surface area (Å²) in [5, 5.41) is 13.3. The number of aryl methyl sites for hydroxylation is 1. The number of fused-ring (bicyclic) bond motifs is 3. The molecule has 0 atom stereocenters. The molecule has 2 heterocycles. The van der Waals surface area contributed by atoms with E-state index in [1.807, 2.05) is 37.4 Å². The van der Waals surface area contributed by atoms with Gasteiger partial charge in [0.2, 0.25) is 5.91 Å². The normalized spacial score (nSPS) is 11.0. The van der Waals surface area contributed by atoms with Crippen LogP contribution in [0.2, 0.25) is 0 Å². The lowest BCUT2D eigenvalue weighted by molar-refractivity contribution is -0.129. The minimum absolute atomic E-state index is 0.229. The number of benzene rings is 1. The highest BCUT2D eigenvalue weighted by Crippen LogP contribution is 2.27. The lowest BCUT2D eigenvalue weighted by Gasteiger charge is -2.05. The van der Waals surface area contributed by atoms with Crippen molar-refractivity contribution >= 4 is 33.6 Å². The average molecular weight is 340 g/mol. The maximum Gasteiger partial charge on any atom is 0.269 e. The predicted octanol–water partition coefficient (Wildman–Crippen LogP) is 2.13. The molecule has 130 valence electrons. The minimum atomic E-state index is -0.422. The summed E-state index contributed by atoms with van der Waals surface area (Å²) in [5.74, 6) is -0.657. The molecule has 1 aromatic carbocycles. The van der Waals surface area contributed by atoms with Gasteiger partial charge in [-0.05, 0) is 25.0 Å². The maximum absolute atomic E-state index is 12.3. The van der Waals surface area contributed by atoms with Gasteiger partial charge in [0.05, 0.1) is 11.7 Å². The number of carbonyl (C=O) groups excluding carboxylic acids is 2. The van der Waals surface area contributed by atoms with Crippen molar-refractivity contribution in [3.63, 3.8) is 0 Å². The zero-order chi connectivity index (χ0) is 17.8. The van der Waals surface area contributed by atoms with E-state index in [1.54, 1.807) is 11.7 Å². The summed E-state index contributed by atoms with van der Waals surface area (Å²) in [4.78, 5) is 27.5. The number of hydroxylamine groups is 1. The number of rotatable bonds is 6. The molecule has 3 N–H and O–H groups in total. The summed E-state index contributed by atoms with van der Waals surface area (Å²) < 4.78 is 2.06. The number of hydrogen-bond acceptors (Lipinski definition) is 4. The molecule has 7 nitrogen and oxygen atoms in total. The number of nitrogens with zero attached hydrogens (tertiary/aromatic N) is 2. The average Bonchev–Trinajstić information content (AvgIpc) is 2.93. The molecule has 0 fully saturated rings. The van der Waals surface area contributed by atoms with Crippen LogP contribution in [0.3, 0.4) is 0 Å². The maximum atomic E-state index is 12.3. The number of hydrogen-bond donors (Lipinski definition) is 3. The molecule has 3 aromatic rings. The number of unbranched alkanes of at least 4 members (excludes halogenated alkanes) is 1. The van der Waals surface area contributed by atoms with E-state index >= 15 is 0 Å². The fourth-order valence-electron chi connectivity index (χ4n) is 2.94. The molecule has 7 heteroatoms. The first kappa shape index (κ1) is 16.9. The number of pyridine rings is 1. The van der Waals surface area contributed by atoms with Gasteiger partial charge in [0.1, 0.15) is 5.69 Å². The molecule has 2 aromatic heterocycles. The first-order chi connectivity index (χ1) is 12.1. The van der Waals surface area contributed by atoms with Crippen molar-refractivity contribution < 1.29 is 14.8 Å². The minimum Gasteiger partial charge on any atom is -0.351 e. The Kier molecular flexibility index (Phi) is 4.95. The van der Waals surface area contributed by atoms with Gasteiger partial charge < -0.3 is 9.88 Å². The highest BCUT2D eigenvalue weighted by molar-refractivity contribution is 6.09. The summed E-state index contributed by atoms with van der Waals surface area (Å²) in [6.45, 7) is 0.451. The van der Waals surface area contributed by atoms with Gasteiger partial charge in [-0.1, -0.05) is 18.2 Å². The Morgan fingerprint density at radius 1 is 1.16 bits per heavy atom. The molecular weight excluding hydrogens is 320 g/mol. The Balaban J connectivity index is 1.70. The second-order valence-electron chi connectivity index (χ2n) is 5.91. The fraction of sp³-hybridized carbons (Fsp3) is 0.278. The molecule has 25 heavy (non-hydrogen) atoms. The van der Waals surface area contributed by atoms with Crippen LogP contribution in [0.1, 0.15) is 29.8 Å². The van der Waals surface area contributed by atoms with E-state index in [4.69, 9.17) is 5.21 Å². The van der Waals surface area contributed by atoms with Gasteiger partial charge >= 0.3 is 0 Å². The molecule has 0 bridgehead atoms. The summed E-state index contributed by atoms with van der Waals surface area (Å²) in [7, 11) is 1.98. The van der Waals surface area contributed by atoms with Crippen molar-refractivity contribution in [2.75, 3.05) is 6.54 Å². The standard InChI is InChI=1S/C18H20N4O3/c1-22-15-7-3-2-6-12(15)13-10-14(20-11-16(13)22)18(24)19-9-5-4-8-17(23)21-25/h2-3,6-7,10-11,25H,4-5,8-9H2,1H3,(H,19,24)(H,21,23). The zero-order valence-electron chi connectivity index (χ0n) is 14.0. The molecule has 0 aliphatic carbocycles. The third kappa shape index (κ3) is 3.46. The lowest BCUT2D eigenvalue weighted by Crippen LogP contribution is -2.25. The molecular formula is C18H20N4O3. The molecule has 0 aliphatic rings. The Morgan fingerprint density at radius 3 is 2.76 bits per heavy atom. The number of nitrogens with one attached hydrogen (secondary N) is 2. The third-order valence-electron chi connectivity index (χ3n) is 4.27. The Hall–Kier alpha value is -2.93. The first-order valence-electron chi connectivity index (χ1n) is 8.16. The largest absolute Gasteiger partial charge is 0.351 e. The topological polar surface area (TPSA) is 96.2 Å². The number of para-hydroxylation sites is 1. The number of aromatic nitrogens is 2. The van der Waals surface area contributed by atoms with Gasteiger partial charge in [0.15, 0.2) is 0 Å². The zero-order valence-corrected chi connectivity index (χ0v) is 14.0. The smallest absolute Gasteiger partial charge is 0.269 e. The summed E-state index contributed by atoms with van der Waals surface area (Å²) in [6, 6.07) is 9.85. The third-order valence-corrected chi connectivity index (χ3v) is 4.27. The van der Waals surface area contributed by atoms with E-state index in [0.717, 1.165) is 21.8 Å². The van der Waals surface area contributed by atoms with Gasteiger partial charge in [-0.2, -0.15) is 0 Å². The molecule has 2 amide bonds. The van der Waals surface area contributed by atoms with E-state index in [-0.39, 0.29) is 12.3 Å². The first-order valence-corrected chi connectivity index (χ1v) is 8.16. The van der Waals surface area contributed by atoms with Crippen LogP contribution in [-0.4, -0.2) is 33.1 Å². The summed E-state index contributed by atoms with van der Waals surface area (Å²) >= 11 is 0. The molecule has 0 saturated heterocycles. The van der Waals surface area contributed by atoms with Gasteiger partial charge in [0.25, 0.3) is 5.91 Å². The Bertz CT molecular complexity index is 933. The van der Waals surface area contributed by atoms with E-state index in [2.05, 4.69) is 14.9 Å². The Morgan fingerprint density at radius 2 is 1.96 bits per heavy atom. The highest BCUT2D eigenvalue weighted by Gasteiger charge is 2.12. The van der Waals surface area contributed by atoms with E-state index in [9.17, 15) is 9.59 Å². The number of amides is 2. The second kappa shape index (κ2) is 7.31. The highest BCUT2D eigenvalue weighted by atomic mass is 16.5. The van der Waals surface area contributed by atoms with Crippen molar-refractivity contribution in [1.29, 1.82) is 0 Å². The van der Waals surface area contributed by atoms with Crippen LogP contribution in [0, 0.1) is 0 Å². The van der Waals surface area contributed by atoms with Crippen LogP contribution < -0.4 is 10.8 Å². The van der Waals surface area contributed by atoms with Crippen LogP contribution in [-0.2, 0) is 11.8 Å². The van der Waals surface area contributed by atoms with Gasteiger partial charge in [0, 0.05) is 36.3 Å². The van der Waals surface area contributed by atoms with Crippen LogP contribution in [0.5, 0.6) is 0 Å². The number of carbonyl (C=O) groups is 2. The van der Waals surface area contributed by atoms with E-state index in [1.165, 1.54) is 0 Å². The van der Waals surface area contributed by atoms with Crippen molar-refractivity contribution in [2.24, 2.45) is 7.05 Å². The second-order valence-corrected chi connectivity index (χ2v) is 5.91. The van der Waals surface area contributed by atoms with Crippen LogP contribution in [0.25, 0.3) is 21.8 Å². The molecule has 0 unspecified atom stereocenters. The quantitative estimate of drug-likeness (QED) is 0.364. The fourth-order valence-corrected chi connectivity index (χ4v) is 2.94. The molecule has 0 spiro atoms. The van der Waals surface area contributed by atoms with Gasteiger partial charge in [-0.3, -0.25) is 14.8 Å². The van der Waals surface area contributed by atoms with Crippen molar-refractivity contribution in [1.82, 2.24) is 20.3 Å². The van der Waals surface area contributed by atoms with Crippen LogP contribution in [0.15, 0.2) is 36.5 Å². The SMILES string of the molecule is Cn1c2ccccc2c2cc(C(=O)NCCCCC(=O)NO)ncc21. The van der Waals surface area contributed by atoms with E-state index < -0.39 is 5.91 Å². The van der Waals surface area contributed by atoms with Crippen molar-refractivity contribution in [3.05, 3.63) is 42.2 Å². The van der Waals surface area contributed by atoms with Crippen molar-refractivity contribution in [2.45, 2.75) is 19.3 Å². The van der Waals surface area contributed by atoms with Gasteiger partial charge in [-0.25, -0.2) is 10.5 Å². The van der Waals surface area contributed by atoms with Gasteiger partial charge in [-0.15, -0.1) is 0 Å². The van der Waals surface area contributed by atoms with Crippen LogP contribution in [0.4, 0.5) is 0 Å².